The van der Waals surface area contributed by atoms with Crippen molar-refractivity contribution in [2.75, 3.05) is 11.5 Å². The van der Waals surface area contributed by atoms with Crippen LogP contribution in [0.15, 0.2) is 78.4 Å². The molecule has 1 N–H and O–H groups in total. The van der Waals surface area contributed by atoms with Crippen LogP contribution in [0.4, 0.5) is 5.69 Å². The summed E-state index contributed by atoms with van der Waals surface area (Å²) in [5.41, 5.74) is 2.65. The predicted molar refractivity (Wildman–Crippen MR) is 136 cm³/mol. The SMILES string of the molecule is CCOc1cccc(N2C(=O)C(=O)/C(=C(/O)c3ccc(OC(C)C)cc3)C2c2ccccc2C)c1. The first kappa shape index (κ1) is 24.1. The number of hydrogen-bond acceptors (Lipinski definition) is 5. The third-order valence-corrected chi connectivity index (χ3v) is 5.83. The maximum Gasteiger partial charge on any atom is 0.300 e. The van der Waals surface area contributed by atoms with E-state index in [1.54, 1.807) is 48.5 Å². The molecular formula is C29H29NO5. The monoisotopic (exact) mass is 471 g/mol. The molecule has 0 radical (unpaired) electrons. The molecule has 180 valence electrons. The number of carbonyl (C=O) groups is 2. The van der Waals surface area contributed by atoms with Crippen LogP contribution >= 0.6 is 0 Å². The first-order valence-electron chi connectivity index (χ1n) is 11.7. The molecule has 0 aromatic heterocycles. The summed E-state index contributed by atoms with van der Waals surface area (Å²) in [6.45, 7) is 8.13. The van der Waals surface area contributed by atoms with Crippen LogP contribution in [0.25, 0.3) is 5.76 Å². The zero-order valence-electron chi connectivity index (χ0n) is 20.3. The Kier molecular flexibility index (Phi) is 6.92. The molecule has 1 saturated heterocycles. The van der Waals surface area contributed by atoms with E-state index in [4.69, 9.17) is 9.47 Å². The van der Waals surface area contributed by atoms with Crippen molar-refractivity contribution in [3.8, 4) is 11.5 Å². The molecule has 3 aromatic rings. The number of rotatable bonds is 7. The van der Waals surface area contributed by atoms with Gasteiger partial charge in [0, 0.05) is 17.3 Å². The summed E-state index contributed by atoms with van der Waals surface area (Å²) in [5, 5.41) is 11.3. The van der Waals surface area contributed by atoms with E-state index in [0.29, 0.717) is 29.4 Å². The number of ketones is 1. The largest absolute Gasteiger partial charge is 0.507 e. The van der Waals surface area contributed by atoms with Crippen LogP contribution in [0.3, 0.4) is 0 Å². The Morgan fingerprint density at radius 3 is 2.34 bits per heavy atom. The maximum absolute atomic E-state index is 13.4. The molecule has 1 aliphatic rings. The van der Waals surface area contributed by atoms with E-state index >= 15 is 0 Å². The van der Waals surface area contributed by atoms with Gasteiger partial charge in [0.2, 0.25) is 0 Å². The van der Waals surface area contributed by atoms with Gasteiger partial charge in [-0.25, -0.2) is 0 Å². The second-order valence-electron chi connectivity index (χ2n) is 8.65. The highest BCUT2D eigenvalue weighted by molar-refractivity contribution is 6.51. The number of aliphatic hydroxyl groups excluding tert-OH is 1. The van der Waals surface area contributed by atoms with E-state index in [0.717, 1.165) is 11.1 Å². The first-order valence-corrected chi connectivity index (χ1v) is 11.7. The molecule has 6 nitrogen and oxygen atoms in total. The molecule has 3 aromatic carbocycles. The van der Waals surface area contributed by atoms with E-state index in [9.17, 15) is 14.7 Å². The third kappa shape index (κ3) is 4.78. The average molecular weight is 472 g/mol. The molecular weight excluding hydrogens is 442 g/mol. The molecule has 1 atom stereocenters. The van der Waals surface area contributed by atoms with Gasteiger partial charge in [0.1, 0.15) is 17.3 Å². The number of Topliss-reactive ketones (excluding diaryl/α,β-unsaturated/α-hetero) is 1. The fraction of sp³-hybridized carbons (Fsp3) is 0.241. The van der Waals surface area contributed by atoms with Crippen LogP contribution in [0, 0.1) is 6.92 Å². The van der Waals surface area contributed by atoms with Crippen molar-refractivity contribution >= 4 is 23.1 Å². The molecule has 0 saturated carbocycles. The Bertz CT molecular complexity index is 1280. The van der Waals surface area contributed by atoms with Crippen LogP contribution in [-0.4, -0.2) is 29.5 Å². The molecule has 0 aliphatic carbocycles. The maximum atomic E-state index is 13.4. The zero-order valence-corrected chi connectivity index (χ0v) is 20.3. The van der Waals surface area contributed by atoms with Gasteiger partial charge < -0.3 is 14.6 Å². The predicted octanol–water partition coefficient (Wildman–Crippen LogP) is 5.81. The van der Waals surface area contributed by atoms with Crippen LogP contribution in [0.2, 0.25) is 0 Å². The quantitative estimate of drug-likeness (QED) is 0.267. The third-order valence-electron chi connectivity index (χ3n) is 5.83. The lowest BCUT2D eigenvalue weighted by molar-refractivity contribution is -0.132. The molecule has 0 spiro atoms. The molecule has 1 amide bonds. The number of hydrogen-bond donors (Lipinski definition) is 1. The molecule has 6 heteroatoms. The summed E-state index contributed by atoms with van der Waals surface area (Å²) in [5.74, 6) is -0.416. The van der Waals surface area contributed by atoms with Crippen LogP contribution in [0.1, 0.15) is 43.5 Å². The average Bonchev–Trinajstić information content (AvgIpc) is 3.10. The number of carbonyl (C=O) groups excluding carboxylic acids is 2. The van der Waals surface area contributed by atoms with Gasteiger partial charge in [-0.2, -0.15) is 0 Å². The van der Waals surface area contributed by atoms with Gasteiger partial charge in [-0.3, -0.25) is 14.5 Å². The van der Waals surface area contributed by atoms with Gasteiger partial charge in [0.15, 0.2) is 0 Å². The van der Waals surface area contributed by atoms with E-state index in [1.807, 2.05) is 52.0 Å². The highest BCUT2D eigenvalue weighted by atomic mass is 16.5. The van der Waals surface area contributed by atoms with E-state index < -0.39 is 17.7 Å². The zero-order chi connectivity index (χ0) is 25.1. The molecule has 1 fully saturated rings. The second-order valence-corrected chi connectivity index (χ2v) is 8.65. The minimum atomic E-state index is -0.792. The standard InChI is InChI=1S/C29H29NO5/c1-5-34-23-11-8-10-21(17-23)30-26(24-12-7-6-9-19(24)4)25(28(32)29(30)33)27(31)20-13-15-22(16-14-20)35-18(2)3/h6-18,26,31H,5H2,1-4H3/b27-25+. The topological polar surface area (TPSA) is 76.1 Å². The fourth-order valence-corrected chi connectivity index (χ4v) is 4.30. The molecule has 1 heterocycles. The van der Waals surface area contributed by atoms with Crippen molar-refractivity contribution in [1.82, 2.24) is 0 Å². The summed E-state index contributed by atoms with van der Waals surface area (Å²) < 4.78 is 11.3. The summed E-state index contributed by atoms with van der Waals surface area (Å²) in [4.78, 5) is 28.2. The van der Waals surface area contributed by atoms with Crippen molar-refractivity contribution in [2.24, 2.45) is 0 Å². The summed E-state index contributed by atoms with van der Waals surface area (Å²) in [6.07, 6.45) is 0.00767. The van der Waals surface area contributed by atoms with Gasteiger partial charge in [-0.1, -0.05) is 30.3 Å². The molecule has 4 rings (SSSR count). The van der Waals surface area contributed by atoms with Crippen molar-refractivity contribution in [2.45, 2.75) is 39.8 Å². The van der Waals surface area contributed by atoms with Gasteiger partial charge in [-0.05, 0) is 75.2 Å². The Morgan fingerprint density at radius 1 is 0.971 bits per heavy atom. The Hall–Kier alpha value is -4.06. The smallest absolute Gasteiger partial charge is 0.300 e. The van der Waals surface area contributed by atoms with Crippen LogP contribution in [0.5, 0.6) is 11.5 Å². The number of nitrogens with zero attached hydrogens (tertiary/aromatic N) is 1. The van der Waals surface area contributed by atoms with E-state index in [1.165, 1.54) is 4.90 Å². The highest BCUT2D eigenvalue weighted by Gasteiger charge is 2.47. The number of aryl methyl sites for hydroxylation is 1. The minimum Gasteiger partial charge on any atom is -0.507 e. The normalized spacial score (nSPS) is 17.2. The lowest BCUT2D eigenvalue weighted by Crippen LogP contribution is -2.29. The lowest BCUT2D eigenvalue weighted by atomic mass is 9.92. The molecule has 1 unspecified atom stereocenters. The van der Waals surface area contributed by atoms with E-state index in [-0.39, 0.29) is 17.4 Å². The fourth-order valence-electron chi connectivity index (χ4n) is 4.30. The van der Waals surface area contributed by atoms with E-state index in [2.05, 4.69) is 0 Å². The molecule has 1 aliphatic heterocycles. The Labute approximate surface area is 205 Å². The number of ether oxygens (including phenoxy) is 2. The Balaban J connectivity index is 1.87. The Morgan fingerprint density at radius 2 is 1.69 bits per heavy atom. The minimum absolute atomic E-state index is 0.00767. The molecule has 35 heavy (non-hydrogen) atoms. The first-order chi connectivity index (χ1) is 16.8. The molecule has 0 bridgehead atoms. The number of anilines is 1. The summed E-state index contributed by atoms with van der Waals surface area (Å²) in [6, 6.07) is 20.7. The van der Waals surface area contributed by atoms with Crippen LogP contribution in [-0.2, 0) is 9.59 Å². The van der Waals surface area contributed by atoms with Gasteiger partial charge >= 0.3 is 0 Å². The van der Waals surface area contributed by atoms with Crippen molar-refractivity contribution < 1.29 is 24.2 Å². The second kappa shape index (κ2) is 10.1. The number of benzene rings is 3. The van der Waals surface area contributed by atoms with Crippen molar-refractivity contribution in [3.05, 3.63) is 95.1 Å². The van der Waals surface area contributed by atoms with Gasteiger partial charge in [-0.15, -0.1) is 0 Å². The van der Waals surface area contributed by atoms with Crippen molar-refractivity contribution in [3.63, 3.8) is 0 Å². The van der Waals surface area contributed by atoms with Crippen LogP contribution < -0.4 is 14.4 Å². The highest BCUT2D eigenvalue weighted by Crippen LogP contribution is 2.43. The summed E-state index contributed by atoms with van der Waals surface area (Å²) in [7, 11) is 0. The van der Waals surface area contributed by atoms with Gasteiger partial charge in [0.25, 0.3) is 11.7 Å². The summed E-state index contributed by atoms with van der Waals surface area (Å²) >= 11 is 0. The number of aliphatic hydroxyl groups is 1. The number of amides is 1. The van der Waals surface area contributed by atoms with Crippen molar-refractivity contribution in [1.29, 1.82) is 0 Å². The van der Waals surface area contributed by atoms with Gasteiger partial charge in [0.05, 0.1) is 24.3 Å². The lowest BCUT2D eigenvalue weighted by Gasteiger charge is -2.27.